The number of aliphatic hydroxyl groups is 2. The predicted octanol–water partition coefficient (Wildman–Crippen LogP) is 0.261. The number of aliphatic hydroxyl groups excluding tert-OH is 1. The maximum Gasteiger partial charge on any atom is 0.180 e. The van der Waals surface area contributed by atoms with Crippen molar-refractivity contribution in [2.45, 2.75) is 6.29 Å². The van der Waals surface area contributed by atoms with E-state index < -0.39 is 6.29 Å². The van der Waals surface area contributed by atoms with Crippen LogP contribution in [-0.4, -0.2) is 17.3 Å². The number of nitrogens with two attached hydrogens (primary N) is 1. The largest absolute Gasteiger partial charge is 0.497 e. The van der Waals surface area contributed by atoms with Crippen LogP contribution in [0.1, 0.15) is 11.9 Å². The van der Waals surface area contributed by atoms with E-state index in [9.17, 15) is 0 Å². The molecule has 0 saturated carbocycles. The molecule has 0 amide bonds. The lowest BCUT2D eigenvalue weighted by Gasteiger charge is -2.08. The first-order chi connectivity index (χ1) is 5.65. The Labute approximate surface area is 70.2 Å². The van der Waals surface area contributed by atoms with Gasteiger partial charge in [-0.3, -0.25) is 0 Å². The Hall–Kier alpha value is -1.26. The van der Waals surface area contributed by atoms with Gasteiger partial charge in [0.25, 0.3) is 0 Å². The lowest BCUT2D eigenvalue weighted by atomic mass is 10.1. The highest BCUT2D eigenvalue weighted by Crippen LogP contribution is 2.23. The summed E-state index contributed by atoms with van der Waals surface area (Å²) < 4.78 is 4.88. The second kappa shape index (κ2) is 3.42. The zero-order chi connectivity index (χ0) is 9.14. The van der Waals surface area contributed by atoms with Crippen molar-refractivity contribution in [1.82, 2.24) is 0 Å². The minimum absolute atomic E-state index is 0.259. The predicted molar refractivity (Wildman–Crippen MR) is 44.6 cm³/mol. The molecule has 0 spiro atoms. The molecule has 0 aliphatic rings. The first-order valence-corrected chi connectivity index (χ1v) is 3.44. The van der Waals surface area contributed by atoms with Crippen molar-refractivity contribution in [3.8, 4) is 5.75 Å². The molecule has 1 rings (SSSR count). The Morgan fingerprint density at radius 2 is 2.08 bits per heavy atom. The molecular formula is C8H11NO3. The van der Waals surface area contributed by atoms with Gasteiger partial charge in [-0.25, -0.2) is 0 Å². The SMILES string of the molecule is COc1ccc(N)c(C(O)O)c1. The van der Waals surface area contributed by atoms with Crippen LogP contribution in [0.3, 0.4) is 0 Å². The fraction of sp³-hybridized carbons (Fsp3) is 0.250. The summed E-state index contributed by atoms with van der Waals surface area (Å²) in [5.41, 5.74) is 6.07. The third kappa shape index (κ3) is 1.66. The summed E-state index contributed by atoms with van der Waals surface area (Å²) in [6, 6.07) is 4.70. The second-order valence-electron chi connectivity index (χ2n) is 2.37. The molecule has 4 N–H and O–H groups in total. The molecule has 0 radical (unpaired) electrons. The van der Waals surface area contributed by atoms with Gasteiger partial charge >= 0.3 is 0 Å². The smallest absolute Gasteiger partial charge is 0.180 e. The minimum atomic E-state index is -1.56. The van der Waals surface area contributed by atoms with Crippen molar-refractivity contribution >= 4 is 5.69 Å². The number of rotatable bonds is 2. The Kier molecular flexibility index (Phi) is 2.52. The quantitative estimate of drug-likeness (QED) is 0.438. The van der Waals surface area contributed by atoms with Crippen LogP contribution in [0, 0.1) is 0 Å². The van der Waals surface area contributed by atoms with E-state index in [1.807, 2.05) is 0 Å². The van der Waals surface area contributed by atoms with E-state index in [2.05, 4.69) is 0 Å². The van der Waals surface area contributed by atoms with Gasteiger partial charge in [-0.05, 0) is 18.2 Å². The number of methoxy groups -OCH3 is 1. The van der Waals surface area contributed by atoms with E-state index in [-0.39, 0.29) is 5.56 Å². The molecule has 4 heteroatoms. The van der Waals surface area contributed by atoms with Crippen molar-refractivity contribution in [2.24, 2.45) is 0 Å². The number of ether oxygens (including phenoxy) is 1. The molecule has 0 heterocycles. The van der Waals surface area contributed by atoms with E-state index in [1.54, 1.807) is 12.1 Å². The number of hydrogen-bond donors (Lipinski definition) is 3. The molecule has 0 bridgehead atoms. The zero-order valence-corrected chi connectivity index (χ0v) is 6.69. The molecule has 0 aliphatic heterocycles. The highest BCUT2D eigenvalue weighted by Gasteiger charge is 2.07. The molecule has 0 saturated heterocycles. The molecule has 0 aliphatic carbocycles. The second-order valence-corrected chi connectivity index (χ2v) is 2.37. The molecule has 0 atom stereocenters. The Morgan fingerprint density at radius 3 is 2.58 bits per heavy atom. The average Bonchev–Trinajstić information content (AvgIpc) is 2.05. The lowest BCUT2D eigenvalue weighted by Crippen LogP contribution is -2.01. The maximum absolute atomic E-state index is 8.84. The van der Waals surface area contributed by atoms with Crippen molar-refractivity contribution < 1.29 is 14.9 Å². The topological polar surface area (TPSA) is 75.7 Å². The van der Waals surface area contributed by atoms with Crippen LogP contribution in [0.5, 0.6) is 5.75 Å². The van der Waals surface area contributed by atoms with E-state index >= 15 is 0 Å². The summed E-state index contributed by atoms with van der Waals surface area (Å²) in [6.07, 6.45) is -1.56. The summed E-state index contributed by atoms with van der Waals surface area (Å²) in [5.74, 6) is 0.548. The molecule has 12 heavy (non-hydrogen) atoms. The third-order valence-electron chi connectivity index (χ3n) is 1.57. The summed E-state index contributed by atoms with van der Waals surface area (Å²) in [4.78, 5) is 0. The van der Waals surface area contributed by atoms with E-state index in [4.69, 9.17) is 20.7 Å². The number of benzene rings is 1. The summed E-state index contributed by atoms with van der Waals surface area (Å²) in [5, 5.41) is 17.7. The molecule has 0 aromatic heterocycles. The van der Waals surface area contributed by atoms with Crippen molar-refractivity contribution in [3.05, 3.63) is 23.8 Å². The Bertz CT molecular complexity index is 273. The van der Waals surface area contributed by atoms with Crippen LogP contribution in [0.25, 0.3) is 0 Å². The lowest BCUT2D eigenvalue weighted by molar-refractivity contribution is -0.0419. The Morgan fingerprint density at radius 1 is 1.42 bits per heavy atom. The maximum atomic E-state index is 8.84. The van der Waals surface area contributed by atoms with E-state index in [1.165, 1.54) is 13.2 Å². The molecule has 1 aromatic carbocycles. The zero-order valence-electron chi connectivity index (χ0n) is 6.69. The van der Waals surface area contributed by atoms with Crippen molar-refractivity contribution in [1.29, 1.82) is 0 Å². The van der Waals surface area contributed by atoms with Gasteiger partial charge in [-0.1, -0.05) is 0 Å². The number of anilines is 1. The van der Waals surface area contributed by atoms with Gasteiger partial charge in [-0.2, -0.15) is 0 Å². The van der Waals surface area contributed by atoms with Crippen LogP contribution in [0.15, 0.2) is 18.2 Å². The fourth-order valence-electron chi connectivity index (χ4n) is 0.903. The summed E-state index contributed by atoms with van der Waals surface area (Å²) >= 11 is 0. The van der Waals surface area contributed by atoms with E-state index in [0.717, 1.165) is 0 Å². The molecule has 4 nitrogen and oxygen atoms in total. The molecular weight excluding hydrogens is 158 g/mol. The minimum Gasteiger partial charge on any atom is -0.497 e. The number of nitrogen functional groups attached to an aromatic ring is 1. The first-order valence-electron chi connectivity index (χ1n) is 3.44. The molecule has 0 fully saturated rings. The monoisotopic (exact) mass is 169 g/mol. The van der Waals surface area contributed by atoms with E-state index in [0.29, 0.717) is 11.4 Å². The van der Waals surface area contributed by atoms with Gasteiger partial charge in [0.05, 0.1) is 7.11 Å². The number of hydrogen-bond acceptors (Lipinski definition) is 4. The third-order valence-corrected chi connectivity index (χ3v) is 1.57. The Balaban J connectivity index is 3.08. The highest BCUT2D eigenvalue weighted by atomic mass is 16.5. The standard InChI is InChI=1S/C8H11NO3/c1-12-5-2-3-7(9)6(4-5)8(10)11/h2-4,8,10-11H,9H2,1H3. The van der Waals surface area contributed by atoms with Crippen molar-refractivity contribution in [3.63, 3.8) is 0 Å². The summed E-state index contributed by atoms with van der Waals surface area (Å²) in [7, 11) is 1.50. The normalized spacial score (nSPS) is 10.3. The van der Waals surface area contributed by atoms with Crippen LogP contribution < -0.4 is 10.5 Å². The highest BCUT2D eigenvalue weighted by molar-refractivity contribution is 5.50. The van der Waals surface area contributed by atoms with Crippen LogP contribution in [0.4, 0.5) is 5.69 Å². The van der Waals surface area contributed by atoms with Gasteiger partial charge in [0.2, 0.25) is 0 Å². The fourth-order valence-corrected chi connectivity index (χ4v) is 0.903. The van der Waals surface area contributed by atoms with Crippen LogP contribution in [-0.2, 0) is 0 Å². The van der Waals surface area contributed by atoms with Gasteiger partial charge in [0, 0.05) is 11.3 Å². The summed E-state index contributed by atoms with van der Waals surface area (Å²) in [6.45, 7) is 0. The molecule has 66 valence electrons. The molecule has 0 unspecified atom stereocenters. The molecule has 1 aromatic rings. The van der Waals surface area contributed by atoms with Crippen LogP contribution in [0.2, 0.25) is 0 Å². The first kappa shape index (κ1) is 8.83. The van der Waals surface area contributed by atoms with Gasteiger partial charge in [0.15, 0.2) is 6.29 Å². The van der Waals surface area contributed by atoms with Gasteiger partial charge in [-0.15, -0.1) is 0 Å². The van der Waals surface area contributed by atoms with Crippen molar-refractivity contribution in [2.75, 3.05) is 12.8 Å². The van der Waals surface area contributed by atoms with Gasteiger partial charge in [0.1, 0.15) is 5.75 Å². The average molecular weight is 169 g/mol. The van der Waals surface area contributed by atoms with Crippen LogP contribution >= 0.6 is 0 Å². The van der Waals surface area contributed by atoms with Gasteiger partial charge < -0.3 is 20.7 Å².